The predicted octanol–water partition coefficient (Wildman–Crippen LogP) is 3.52. The van der Waals surface area contributed by atoms with Gasteiger partial charge in [0.05, 0.1) is 4.90 Å². The molecule has 6 nitrogen and oxygen atoms in total. The number of sulfonamides is 1. The Morgan fingerprint density at radius 3 is 2.43 bits per heavy atom. The number of amides is 1. The SMILES string of the molecule is CC(C)N(C)S(=O)(=O)c1ccc(C(=O)Nc2cccc(CN3CCSCC3)c2)cc1. The molecule has 0 atom stereocenters. The van der Waals surface area contributed by atoms with Crippen LogP contribution in [0.15, 0.2) is 53.4 Å². The van der Waals surface area contributed by atoms with Gasteiger partial charge >= 0.3 is 0 Å². The summed E-state index contributed by atoms with van der Waals surface area (Å²) >= 11 is 1.98. The normalized spacial score (nSPS) is 15.5. The molecule has 1 fully saturated rings. The summed E-state index contributed by atoms with van der Waals surface area (Å²) in [6, 6.07) is 13.8. The average molecular weight is 448 g/mol. The van der Waals surface area contributed by atoms with Crippen LogP contribution in [0.2, 0.25) is 0 Å². The van der Waals surface area contributed by atoms with Gasteiger partial charge in [-0.15, -0.1) is 0 Å². The van der Waals surface area contributed by atoms with E-state index in [0.717, 1.165) is 42.4 Å². The summed E-state index contributed by atoms with van der Waals surface area (Å²) in [5.74, 6) is 2.06. The van der Waals surface area contributed by atoms with Crippen molar-refractivity contribution in [3.63, 3.8) is 0 Å². The van der Waals surface area contributed by atoms with Crippen LogP contribution in [-0.4, -0.2) is 61.2 Å². The highest BCUT2D eigenvalue weighted by Gasteiger charge is 2.23. The van der Waals surface area contributed by atoms with Gasteiger partial charge in [0.15, 0.2) is 0 Å². The van der Waals surface area contributed by atoms with Crippen LogP contribution < -0.4 is 5.32 Å². The molecule has 0 spiro atoms. The van der Waals surface area contributed by atoms with Gasteiger partial charge in [0.1, 0.15) is 0 Å². The molecule has 1 heterocycles. The van der Waals surface area contributed by atoms with Crippen LogP contribution in [0.5, 0.6) is 0 Å². The van der Waals surface area contributed by atoms with Gasteiger partial charge in [-0.3, -0.25) is 9.69 Å². The van der Waals surface area contributed by atoms with E-state index in [1.807, 2.05) is 43.8 Å². The summed E-state index contributed by atoms with van der Waals surface area (Å²) < 4.78 is 26.4. The van der Waals surface area contributed by atoms with Gasteiger partial charge < -0.3 is 5.32 Å². The minimum absolute atomic E-state index is 0.144. The zero-order valence-electron chi connectivity index (χ0n) is 17.7. The second-order valence-corrected chi connectivity index (χ2v) is 10.9. The first-order chi connectivity index (χ1) is 14.3. The topological polar surface area (TPSA) is 69.7 Å². The minimum atomic E-state index is -3.56. The maximum Gasteiger partial charge on any atom is 0.255 e. The number of carbonyl (C=O) groups excluding carboxylic acids is 1. The lowest BCUT2D eigenvalue weighted by atomic mass is 10.1. The number of hydrogen-bond donors (Lipinski definition) is 1. The van der Waals surface area contributed by atoms with E-state index in [-0.39, 0.29) is 16.8 Å². The van der Waals surface area contributed by atoms with Crippen molar-refractivity contribution in [3.8, 4) is 0 Å². The fourth-order valence-electron chi connectivity index (χ4n) is 3.19. The van der Waals surface area contributed by atoms with Crippen LogP contribution in [0, 0.1) is 0 Å². The summed E-state index contributed by atoms with van der Waals surface area (Å²) in [5.41, 5.74) is 2.32. The van der Waals surface area contributed by atoms with E-state index in [4.69, 9.17) is 0 Å². The second-order valence-electron chi connectivity index (χ2n) is 7.68. The Balaban J connectivity index is 1.67. The summed E-state index contributed by atoms with van der Waals surface area (Å²) in [5, 5.41) is 2.91. The standard InChI is InChI=1S/C22H29N3O3S2/c1-17(2)24(3)30(27,28)21-9-7-19(8-10-21)22(26)23-20-6-4-5-18(15-20)16-25-11-13-29-14-12-25/h4-10,15,17H,11-14,16H2,1-3H3,(H,23,26). The fraction of sp³-hybridized carbons (Fsp3) is 0.409. The predicted molar refractivity (Wildman–Crippen MR) is 124 cm³/mol. The highest BCUT2D eigenvalue weighted by Crippen LogP contribution is 2.19. The zero-order chi connectivity index (χ0) is 21.7. The van der Waals surface area contributed by atoms with Gasteiger partial charge in [-0.2, -0.15) is 16.1 Å². The Labute approximate surface area is 183 Å². The quantitative estimate of drug-likeness (QED) is 0.703. The molecule has 3 rings (SSSR count). The largest absolute Gasteiger partial charge is 0.322 e. The zero-order valence-corrected chi connectivity index (χ0v) is 19.3. The van der Waals surface area contributed by atoms with Crippen LogP contribution in [-0.2, 0) is 16.6 Å². The maximum atomic E-state index is 12.6. The van der Waals surface area contributed by atoms with Gasteiger partial charge in [-0.1, -0.05) is 12.1 Å². The number of thioether (sulfide) groups is 1. The van der Waals surface area contributed by atoms with Gasteiger partial charge in [0.25, 0.3) is 5.91 Å². The molecule has 0 bridgehead atoms. The Morgan fingerprint density at radius 2 is 1.80 bits per heavy atom. The molecular weight excluding hydrogens is 418 g/mol. The highest BCUT2D eigenvalue weighted by molar-refractivity contribution is 7.99. The summed E-state index contributed by atoms with van der Waals surface area (Å²) in [7, 11) is -2.01. The van der Waals surface area contributed by atoms with E-state index >= 15 is 0 Å². The summed E-state index contributed by atoms with van der Waals surface area (Å²) in [4.78, 5) is 15.2. The van der Waals surface area contributed by atoms with Crippen molar-refractivity contribution in [2.24, 2.45) is 0 Å². The summed E-state index contributed by atoms with van der Waals surface area (Å²) in [6.07, 6.45) is 0. The highest BCUT2D eigenvalue weighted by atomic mass is 32.2. The molecule has 1 amide bonds. The Kier molecular flexibility index (Phi) is 7.57. The van der Waals surface area contributed by atoms with E-state index in [2.05, 4.69) is 16.3 Å². The number of rotatable bonds is 7. The molecule has 30 heavy (non-hydrogen) atoms. The maximum absolute atomic E-state index is 12.6. The van der Waals surface area contributed by atoms with Crippen LogP contribution in [0.4, 0.5) is 5.69 Å². The van der Waals surface area contributed by atoms with Gasteiger partial charge in [0, 0.05) is 55.5 Å². The van der Waals surface area contributed by atoms with Crippen molar-refractivity contribution in [2.75, 3.05) is 37.0 Å². The lowest BCUT2D eigenvalue weighted by Crippen LogP contribution is -2.33. The number of nitrogens with one attached hydrogen (secondary N) is 1. The van der Waals surface area contributed by atoms with Crippen molar-refractivity contribution in [3.05, 3.63) is 59.7 Å². The monoisotopic (exact) mass is 447 g/mol. The Hall–Kier alpha value is -1.87. The van der Waals surface area contributed by atoms with Gasteiger partial charge in [0.2, 0.25) is 10.0 Å². The van der Waals surface area contributed by atoms with Crippen LogP contribution in [0.3, 0.4) is 0 Å². The number of nitrogens with zero attached hydrogens (tertiary/aromatic N) is 2. The van der Waals surface area contributed by atoms with Crippen LogP contribution in [0.25, 0.3) is 0 Å². The first kappa shape index (κ1) is 22.8. The van der Waals surface area contributed by atoms with E-state index < -0.39 is 10.0 Å². The van der Waals surface area contributed by atoms with Crippen molar-refractivity contribution < 1.29 is 13.2 Å². The van der Waals surface area contributed by atoms with E-state index in [9.17, 15) is 13.2 Å². The third kappa shape index (κ3) is 5.63. The molecule has 1 N–H and O–H groups in total. The number of benzene rings is 2. The molecule has 0 saturated carbocycles. The number of hydrogen-bond acceptors (Lipinski definition) is 5. The van der Waals surface area contributed by atoms with Gasteiger partial charge in [-0.25, -0.2) is 8.42 Å². The lowest BCUT2D eigenvalue weighted by molar-refractivity contribution is 0.102. The van der Waals surface area contributed by atoms with E-state index in [0.29, 0.717) is 5.56 Å². The third-order valence-electron chi connectivity index (χ3n) is 5.22. The van der Waals surface area contributed by atoms with Gasteiger partial charge in [-0.05, 0) is 55.8 Å². The molecule has 162 valence electrons. The van der Waals surface area contributed by atoms with Crippen molar-refractivity contribution >= 4 is 33.4 Å². The first-order valence-corrected chi connectivity index (χ1v) is 12.7. The molecule has 0 aromatic heterocycles. The average Bonchev–Trinajstić information content (AvgIpc) is 2.74. The molecule has 8 heteroatoms. The molecule has 1 aliphatic rings. The smallest absolute Gasteiger partial charge is 0.255 e. The number of carbonyl (C=O) groups is 1. The molecular formula is C22H29N3O3S2. The molecule has 2 aromatic rings. The third-order valence-corrected chi connectivity index (χ3v) is 8.21. The fourth-order valence-corrected chi connectivity index (χ4v) is 5.54. The van der Waals surface area contributed by atoms with Crippen LogP contribution >= 0.6 is 11.8 Å². The number of anilines is 1. The molecule has 0 unspecified atom stereocenters. The molecule has 0 radical (unpaired) electrons. The Bertz CT molecular complexity index is 969. The second kappa shape index (κ2) is 9.96. The molecule has 1 saturated heterocycles. The van der Waals surface area contributed by atoms with Crippen molar-refractivity contribution in [1.82, 2.24) is 9.21 Å². The van der Waals surface area contributed by atoms with E-state index in [1.54, 1.807) is 19.2 Å². The van der Waals surface area contributed by atoms with Crippen LogP contribution in [0.1, 0.15) is 29.8 Å². The minimum Gasteiger partial charge on any atom is -0.322 e. The molecule has 1 aliphatic heterocycles. The Morgan fingerprint density at radius 1 is 1.13 bits per heavy atom. The van der Waals surface area contributed by atoms with Crippen molar-refractivity contribution in [2.45, 2.75) is 31.3 Å². The lowest BCUT2D eigenvalue weighted by Gasteiger charge is -2.26. The molecule has 0 aliphatic carbocycles. The molecule has 2 aromatic carbocycles. The summed E-state index contributed by atoms with van der Waals surface area (Å²) in [6.45, 7) is 6.68. The first-order valence-electron chi connectivity index (χ1n) is 10.1. The van der Waals surface area contributed by atoms with E-state index in [1.165, 1.54) is 16.4 Å². The van der Waals surface area contributed by atoms with Crippen molar-refractivity contribution in [1.29, 1.82) is 0 Å².